The Morgan fingerprint density at radius 1 is 1.13 bits per heavy atom. The second kappa shape index (κ2) is 8.19. The Labute approximate surface area is 157 Å². The summed E-state index contributed by atoms with van der Waals surface area (Å²) in [7, 11) is 0. The number of rotatable bonds is 5. The molecule has 0 heterocycles. The zero-order valence-electron chi connectivity index (χ0n) is 11.8. The van der Waals surface area contributed by atoms with E-state index in [1.54, 1.807) is 24.3 Å². The van der Waals surface area contributed by atoms with Gasteiger partial charge in [-0.1, -0.05) is 41.4 Å². The molecule has 3 N–H and O–H groups in total. The quantitative estimate of drug-likeness (QED) is 0.561. The summed E-state index contributed by atoms with van der Waals surface area (Å²) in [4.78, 5) is 10.8. The predicted octanol–water partition coefficient (Wildman–Crippen LogP) is 4.68. The number of amides is 1. The number of nitrogens with one attached hydrogen (secondary N) is 1. The molecule has 0 aliphatic heterocycles. The van der Waals surface area contributed by atoms with E-state index in [1.807, 2.05) is 18.2 Å². The van der Waals surface area contributed by atoms with Crippen molar-refractivity contribution in [2.24, 2.45) is 0 Å². The Morgan fingerprint density at radius 2 is 1.87 bits per heavy atom. The Balaban J connectivity index is 2.36. The summed E-state index contributed by atoms with van der Waals surface area (Å²) in [5.41, 5.74) is 1.42. The van der Waals surface area contributed by atoms with Crippen LogP contribution in [0.5, 0.6) is 0 Å². The molecule has 7 heteroatoms. The maximum absolute atomic E-state index is 10.8. The molecular formula is C16H14Cl2INO3. The van der Waals surface area contributed by atoms with Crippen molar-refractivity contribution in [3.05, 3.63) is 67.2 Å². The summed E-state index contributed by atoms with van der Waals surface area (Å²) >= 11 is 14.1. The van der Waals surface area contributed by atoms with Crippen molar-refractivity contribution in [1.82, 2.24) is 5.32 Å². The van der Waals surface area contributed by atoms with E-state index in [1.165, 1.54) is 0 Å². The van der Waals surface area contributed by atoms with Gasteiger partial charge in [0, 0.05) is 16.0 Å². The SMILES string of the molecule is O=C(O)NCC(c1ccc(Cl)c(Cl)c1)C(O)c1cccc(I)c1. The summed E-state index contributed by atoms with van der Waals surface area (Å²) in [5.74, 6) is -0.487. The first-order valence-corrected chi connectivity index (χ1v) is 8.57. The normalized spacial score (nSPS) is 13.4. The number of carboxylic acid groups (broad SMARTS) is 1. The second-order valence-corrected chi connectivity index (χ2v) is 7.03. The van der Waals surface area contributed by atoms with Crippen LogP contribution < -0.4 is 5.32 Å². The average molecular weight is 466 g/mol. The first-order chi connectivity index (χ1) is 10.9. The molecule has 0 aliphatic carbocycles. The fourth-order valence-corrected chi connectivity index (χ4v) is 3.15. The molecule has 2 rings (SSSR count). The van der Waals surface area contributed by atoms with Crippen molar-refractivity contribution in [2.45, 2.75) is 12.0 Å². The number of hydrogen-bond donors (Lipinski definition) is 3. The average Bonchev–Trinajstić information content (AvgIpc) is 2.50. The molecule has 0 saturated carbocycles. The van der Waals surface area contributed by atoms with E-state index in [2.05, 4.69) is 27.9 Å². The minimum Gasteiger partial charge on any atom is -0.465 e. The van der Waals surface area contributed by atoms with Crippen LogP contribution in [0, 0.1) is 3.57 Å². The van der Waals surface area contributed by atoms with Gasteiger partial charge < -0.3 is 15.5 Å². The first-order valence-electron chi connectivity index (χ1n) is 6.73. The van der Waals surface area contributed by atoms with E-state index in [4.69, 9.17) is 28.3 Å². The Bertz CT molecular complexity index is 711. The Morgan fingerprint density at radius 3 is 2.48 bits per heavy atom. The third-order valence-electron chi connectivity index (χ3n) is 3.42. The molecule has 0 radical (unpaired) electrons. The molecule has 2 atom stereocenters. The third kappa shape index (κ3) is 4.97. The van der Waals surface area contributed by atoms with E-state index in [-0.39, 0.29) is 6.54 Å². The van der Waals surface area contributed by atoms with Crippen LogP contribution in [0.2, 0.25) is 10.0 Å². The number of aliphatic hydroxyl groups excluding tert-OH is 1. The minimum absolute atomic E-state index is 0.0555. The summed E-state index contributed by atoms with van der Waals surface area (Å²) in [5, 5.41) is 22.7. The molecule has 0 fully saturated rings. The van der Waals surface area contributed by atoms with Crippen LogP contribution in [0.3, 0.4) is 0 Å². The van der Waals surface area contributed by atoms with Gasteiger partial charge in [-0.3, -0.25) is 0 Å². The summed E-state index contributed by atoms with van der Waals surface area (Å²) in [6.45, 7) is 0.0555. The van der Waals surface area contributed by atoms with E-state index >= 15 is 0 Å². The molecule has 2 aromatic rings. The predicted molar refractivity (Wildman–Crippen MR) is 99.3 cm³/mol. The molecule has 2 unspecified atom stereocenters. The van der Waals surface area contributed by atoms with Gasteiger partial charge >= 0.3 is 6.09 Å². The molecule has 122 valence electrons. The molecule has 0 spiro atoms. The number of benzene rings is 2. The van der Waals surface area contributed by atoms with Crippen LogP contribution in [-0.4, -0.2) is 22.9 Å². The zero-order valence-corrected chi connectivity index (χ0v) is 15.5. The van der Waals surface area contributed by atoms with E-state index in [9.17, 15) is 9.90 Å². The van der Waals surface area contributed by atoms with Gasteiger partial charge in [0.2, 0.25) is 0 Å². The monoisotopic (exact) mass is 465 g/mol. The van der Waals surface area contributed by atoms with Crippen molar-refractivity contribution in [1.29, 1.82) is 0 Å². The highest BCUT2D eigenvalue weighted by Crippen LogP contribution is 2.34. The highest BCUT2D eigenvalue weighted by Gasteiger charge is 2.24. The van der Waals surface area contributed by atoms with E-state index in [0.717, 1.165) is 3.57 Å². The third-order valence-corrected chi connectivity index (χ3v) is 4.83. The molecule has 4 nitrogen and oxygen atoms in total. The van der Waals surface area contributed by atoms with Gasteiger partial charge in [0.1, 0.15) is 0 Å². The number of hydrogen-bond acceptors (Lipinski definition) is 2. The van der Waals surface area contributed by atoms with Gasteiger partial charge in [-0.05, 0) is 58.0 Å². The van der Waals surface area contributed by atoms with Gasteiger partial charge in [-0.25, -0.2) is 4.79 Å². The second-order valence-electron chi connectivity index (χ2n) is 4.97. The van der Waals surface area contributed by atoms with Crippen molar-refractivity contribution in [2.75, 3.05) is 6.54 Å². The van der Waals surface area contributed by atoms with Crippen LogP contribution in [-0.2, 0) is 0 Å². The van der Waals surface area contributed by atoms with Gasteiger partial charge in [0.15, 0.2) is 0 Å². The summed E-state index contributed by atoms with van der Waals surface area (Å²) < 4.78 is 0.984. The molecule has 0 aliphatic rings. The van der Waals surface area contributed by atoms with Crippen LogP contribution in [0.25, 0.3) is 0 Å². The topological polar surface area (TPSA) is 69.6 Å². The van der Waals surface area contributed by atoms with Gasteiger partial charge in [-0.15, -0.1) is 0 Å². The minimum atomic E-state index is -1.15. The lowest BCUT2D eigenvalue weighted by molar-refractivity contribution is 0.140. The van der Waals surface area contributed by atoms with Crippen LogP contribution in [0.4, 0.5) is 4.79 Å². The molecule has 1 amide bonds. The number of carbonyl (C=O) groups is 1. The molecule has 23 heavy (non-hydrogen) atoms. The smallest absolute Gasteiger partial charge is 0.404 e. The van der Waals surface area contributed by atoms with Gasteiger partial charge in [-0.2, -0.15) is 0 Å². The Kier molecular flexibility index (Phi) is 6.52. The van der Waals surface area contributed by atoms with Gasteiger partial charge in [0.25, 0.3) is 0 Å². The highest BCUT2D eigenvalue weighted by molar-refractivity contribution is 14.1. The lowest BCUT2D eigenvalue weighted by Crippen LogP contribution is -2.29. The Hall–Kier alpha value is -1.02. The number of halogens is 3. The van der Waals surface area contributed by atoms with E-state index < -0.39 is 18.1 Å². The van der Waals surface area contributed by atoms with Crippen molar-refractivity contribution < 1.29 is 15.0 Å². The largest absolute Gasteiger partial charge is 0.465 e. The van der Waals surface area contributed by atoms with Crippen LogP contribution >= 0.6 is 45.8 Å². The molecular weight excluding hydrogens is 452 g/mol. The molecule has 0 aromatic heterocycles. The fraction of sp³-hybridized carbons (Fsp3) is 0.188. The summed E-state index contributed by atoms with van der Waals surface area (Å²) in [6.07, 6.45) is -2.03. The van der Waals surface area contributed by atoms with Crippen molar-refractivity contribution in [3.8, 4) is 0 Å². The lowest BCUT2D eigenvalue weighted by atomic mass is 9.89. The van der Waals surface area contributed by atoms with Crippen molar-refractivity contribution in [3.63, 3.8) is 0 Å². The standard InChI is InChI=1S/C16H14Cl2INO3/c17-13-5-4-9(7-14(13)18)12(8-20-16(22)23)15(21)10-2-1-3-11(19)6-10/h1-7,12,15,20-21H,8H2,(H,22,23). The molecule has 0 saturated heterocycles. The lowest BCUT2D eigenvalue weighted by Gasteiger charge is -2.24. The van der Waals surface area contributed by atoms with Crippen LogP contribution in [0.15, 0.2) is 42.5 Å². The fourth-order valence-electron chi connectivity index (χ4n) is 2.27. The van der Waals surface area contributed by atoms with E-state index in [0.29, 0.717) is 21.2 Å². The maximum atomic E-state index is 10.8. The van der Waals surface area contributed by atoms with Gasteiger partial charge in [0.05, 0.1) is 16.1 Å². The first kappa shape index (κ1) is 18.3. The summed E-state index contributed by atoms with van der Waals surface area (Å²) in [6, 6.07) is 12.4. The van der Waals surface area contributed by atoms with Crippen molar-refractivity contribution >= 4 is 51.9 Å². The molecule has 2 aromatic carbocycles. The molecule has 0 bridgehead atoms. The van der Waals surface area contributed by atoms with Crippen LogP contribution in [0.1, 0.15) is 23.1 Å². The highest BCUT2D eigenvalue weighted by atomic mass is 127. The zero-order chi connectivity index (χ0) is 17.0. The number of aliphatic hydroxyl groups is 1. The maximum Gasteiger partial charge on any atom is 0.404 e.